The number of nitrogens with one attached hydrogen (secondary N) is 1. The molecule has 0 saturated carbocycles. The fraction of sp³-hybridized carbons (Fsp3) is 0.130. The second-order valence-electron chi connectivity index (χ2n) is 6.77. The van der Waals surface area contributed by atoms with Crippen LogP contribution in [0.2, 0.25) is 0 Å². The average molecular weight is 435 g/mol. The zero-order chi connectivity index (χ0) is 21.8. The van der Waals surface area contributed by atoms with Crippen molar-refractivity contribution < 1.29 is 18.4 Å². The summed E-state index contributed by atoms with van der Waals surface area (Å²) in [5.41, 5.74) is 1.68. The van der Waals surface area contributed by atoms with E-state index >= 15 is 0 Å². The number of carbonyl (C=O) groups excluding carboxylic acids is 2. The van der Waals surface area contributed by atoms with Gasteiger partial charge in [0.1, 0.15) is 5.82 Å². The molecular formula is C23H18FN3O3S. The number of aromatic nitrogens is 2. The Hall–Kier alpha value is -3.65. The number of hydrogen-bond acceptors (Lipinski definition) is 6. The van der Waals surface area contributed by atoms with Crippen LogP contribution in [0.4, 0.5) is 9.52 Å². The molecule has 0 unspecified atom stereocenters. The molecule has 2 aromatic carbocycles. The van der Waals surface area contributed by atoms with Crippen molar-refractivity contribution in [3.63, 3.8) is 0 Å². The summed E-state index contributed by atoms with van der Waals surface area (Å²) in [6.45, 7) is 1.47. The lowest BCUT2D eigenvalue weighted by Gasteiger charge is -2.00. The van der Waals surface area contributed by atoms with Crippen LogP contribution >= 0.6 is 11.3 Å². The fourth-order valence-corrected chi connectivity index (χ4v) is 3.92. The molecule has 2 heterocycles. The van der Waals surface area contributed by atoms with Crippen molar-refractivity contribution in [3.05, 3.63) is 77.4 Å². The summed E-state index contributed by atoms with van der Waals surface area (Å²) in [5.74, 6) is -0.150. The predicted octanol–water partition coefficient (Wildman–Crippen LogP) is 5.38. The molecular weight excluding hydrogens is 417 g/mol. The van der Waals surface area contributed by atoms with E-state index in [0.717, 1.165) is 16.9 Å². The Bertz CT molecular complexity index is 1230. The summed E-state index contributed by atoms with van der Waals surface area (Å²) >= 11 is 1.14. The topological polar surface area (TPSA) is 85.1 Å². The monoisotopic (exact) mass is 435 g/mol. The number of rotatable bonds is 7. The number of thiazole rings is 1. The van der Waals surface area contributed by atoms with E-state index in [2.05, 4.69) is 15.3 Å². The third-order valence-electron chi connectivity index (χ3n) is 4.50. The highest BCUT2D eigenvalue weighted by Crippen LogP contribution is 2.31. The van der Waals surface area contributed by atoms with Crippen LogP contribution in [-0.4, -0.2) is 21.7 Å². The smallest absolute Gasteiger partial charge is 0.226 e. The van der Waals surface area contributed by atoms with Crippen LogP contribution in [0, 0.1) is 5.82 Å². The van der Waals surface area contributed by atoms with Crippen LogP contribution in [0.15, 0.2) is 65.2 Å². The van der Waals surface area contributed by atoms with Gasteiger partial charge in [0.05, 0.1) is 22.3 Å². The lowest BCUT2D eigenvalue weighted by Crippen LogP contribution is -2.12. The van der Waals surface area contributed by atoms with Crippen molar-refractivity contribution >= 4 is 28.2 Å². The van der Waals surface area contributed by atoms with E-state index in [4.69, 9.17) is 4.42 Å². The number of anilines is 1. The lowest BCUT2D eigenvalue weighted by molar-refractivity contribution is -0.116. The number of halogens is 1. The van der Waals surface area contributed by atoms with Crippen molar-refractivity contribution in [2.24, 2.45) is 0 Å². The molecule has 31 heavy (non-hydrogen) atoms. The highest BCUT2D eigenvalue weighted by Gasteiger charge is 2.18. The highest BCUT2D eigenvalue weighted by molar-refractivity contribution is 7.18. The van der Waals surface area contributed by atoms with Gasteiger partial charge >= 0.3 is 0 Å². The maximum Gasteiger partial charge on any atom is 0.226 e. The Morgan fingerprint density at radius 1 is 1.10 bits per heavy atom. The maximum absolute atomic E-state index is 13.9. The van der Waals surface area contributed by atoms with Gasteiger partial charge in [0.2, 0.25) is 5.91 Å². The number of Topliss-reactive ketones (excluding diaryl/α,β-unsaturated/α-hetero) is 1. The Morgan fingerprint density at radius 3 is 2.58 bits per heavy atom. The second-order valence-corrected chi connectivity index (χ2v) is 7.76. The number of amides is 1. The van der Waals surface area contributed by atoms with Gasteiger partial charge in [-0.25, -0.2) is 14.4 Å². The Labute approximate surface area is 181 Å². The Balaban J connectivity index is 1.42. The molecule has 0 bridgehead atoms. The number of carbonyl (C=O) groups is 2. The predicted molar refractivity (Wildman–Crippen MR) is 116 cm³/mol. The minimum Gasteiger partial charge on any atom is -0.441 e. The summed E-state index contributed by atoms with van der Waals surface area (Å²) in [5, 5.41) is 3.09. The molecule has 8 heteroatoms. The van der Waals surface area contributed by atoms with Crippen LogP contribution in [0.1, 0.15) is 28.9 Å². The normalized spacial score (nSPS) is 10.8. The number of hydrogen-bond donors (Lipinski definition) is 1. The van der Waals surface area contributed by atoms with E-state index < -0.39 is 5.82 Å². The first-order chi connectivity index (χ1) is 15.0. The second kappa shape index (κ2) is 9.01. The molecule has 156 valence electrons. The molecule has 6 nitrogen and oxygen atoms in total. The largest absolute Gasteiger partial charge is 0.441 e. The molecule has 4 aromatic rings. The van der Waals surface area contributed by atoms with E-state index in [1.807, 2.05) is 30.3 Å². The van der Waals surface area contributed by atoms with E-state index in [1.165, 1.54) is 19.2 Å². The molecule has 0 fully saturated rings. The molecule has 0 radical (unpaired) electrons. The number of oxazole rings is 1. The molecule has 0 aliphatic rings. The highest BCUT2D eigenvalue weighted by atomic mass is 32.1. The number of ketones is 1. The standard InChI is InChI=1S/C23H18FN3O3S/c1-14(28)22-21(15-7-3-2-4-8-15)27-23(31-22)26-19(29)11-12-20-25-13-18(30-20)16-9-5-6-10-17(16)24/h2-10,13H,11-12H2,1H3,(H,26,27,29). The van der Waals surface area contributed by atoms with Gasteiger partial charge in [-0.2, -0.15) is 0 Å². The Kier molecular flexibility index (Phi) is 5.99. The van der Waals surface area contributed by atoms with E-state index in [1.54, 1.807) is 18.2 Å². The van der Waals surface area contributed by atoms with Gasteiger partial charge in [0.25, 0.3) is 0 Å². The summed E-state index contributed by atoms with van der Waals surface area (Å²) in [4.78, 5) is 33.4. The van der Waals surface area contributed by atoms with Crippen LogP contribution in [0.25, 0.3) is 22.6 Å². The first-order valence-electron chi connectivity index (χ1n) is 9.58. The average Bonchev–Trinajstić information content (AvgIpc) is 3.41. The number of benzene rings is 2. The van der Waals surface area contributed by atoms with Crippen molar-refractivity contribution in [2.45, 2.75) is 19.8 Å². The first kappa shape index (κ1) is 20.6. The zero-order valence-electron chi connectivity index (χ0n) is 16.6. The summed E-state index contributed by atoms with van der Waals surface area (Å²) in [6, 6.07) is 15.6. The minimum atomic E-state index is -0.401. The van der Waals surface area contributed by atoms with Crippen LogP contribution in [-0.2, 0) is 11.2 Å². The SMILES string of the molecule is CC(=O)c1sc(NC(=O)CCc2ncc(-c3ccccc3F)o2)nc1-c1ccccc1. The number of nitrogens with zero attached hydrogens (tertiary/aromatic N) is 2. The number of aryl methyl sites for hydroxylation is 1. The van der Waals surface area contributed by atoms with Gasteiger partial charge in [-0.1, -0.05) is 53.8 Å². The summed E-state index contributed by atoms with van der Waals surface area (Å²) in [7, 11) is 0. The van der Waals surface area contributed by atoms with Crippen molar-refractivity contribution in [3.8, 4) is 22.6 Å². The van der Waals surface area contributed by atoms with Crippen LogP contribution in [0.3, 0.4) is 0 Å². The molecule has 0 aliphatic carbocycles. The van der Waals surface area contributed by atoms with Gasteiger partial charge in [-0.05, 0) is 12.1 Å². The quantitative estimate of drug-likeness (QED) is 0.394. The van der Waals surface area contributed by atoms with E-state index in [-0.39, 0.29) is 24.5 Å². The molecule has 2 aromatic heterocycles. The van der Waals surface area contributed by atoms with Crippen LogP contribution < -0.4 is 5.32 Å². The van der Waals surface area contributed by atoms with Crippen molar-refractivity contribution in [1.29, 1.82) is 0 Å². The lowest BCUT2D eigenvalue weighted by atomic mass is 10.1. The molecule has 0 aliphatic heterocycles. The van der Waals surface area contributed by atoms with Gasteiger partial charge in [-0.15, -0.1) is 0 Å². The van der Waals surface area contributed by atoms with Crippen molar-refractivity contribution in [1.82, 2.24) is 9.97 Å². The van der Waals surface area contributed by atoms with E-state index in [9.17, 15) is 14.0 Å². The third kappa shape index (κ3) is 4.75. The fourth-order valence-electron chi connectivity index (χ4n) is 3.02. The third-order valence-corrected chi connectivity index (χ3v) is 5.57. The van der Waals surface area contributed by atoms with Gasteiger partial charge in [-0.3, -0.25) is 9.59 Å². The first-order valence-corrected chi connectivity index (χ1v) is 10.4. The molecule has 4 rings (SSSR count). The molecule has 0 spiro atoms. The summed E-state index contributed by atoms with van der Waals surface area (Å²) < 4.78 is 19.4. The minimum absolute atomic E-state index is 0.104. The molecule has 1 N–H and O–H groups in total. The maximum atomic E-state index is 13.9. The van der Waals surface area contributed by atoms with Gasteiger partial charge in [0.15, 0.2) is 22.6 Å². The Morgan fingerprint density at radius 2 is 1.84 bits per heavy atom. The van der Waals surface area contributed by atoms with Crippen LogP contribution in [0.5, 0.6) is 0 Å². The molecule has 1 amide bonds. The van der Waals surface area contributed by atoms with Crippen molar-refractivity contribution in [2.75, 3.05) is 5.32 Å². The molecule has 0 atom stereocenters. The van der Waals surface area contributed by atoms with Gasteiger partial charge < -0.3 is 9.73 Å². The van der Waals surface area contributed by atoms with Gasteiger partial charge in [0, 0.05) is 25.3 Å². The summed E-state index contributed by atoms with van der Waals surface area (Å²) in [6.07, 6.45) is 1.79. The zero-order valence-corrected chi connectivity index (χ0v) is 17.4. The van der Waals surface area contributed by atoms with E-state index in [0.29, 0.717) is 32.9 Å². The molecule has 0 saturated heterocycles.